The van der Waals surface area contributed by atoms with Crippen molar-refractivity contribution in [2.45, 2.75) is 84.1 Å². The Bertz CT molecular complexity index is 331. The highest BCUT2D eigenvalue weighted by Crippen LogP contribution is 2.26. The molecular weight excluding hydrogens is 264 g/mol. The van der Waals surface area contributed by atoms with Crippen molar-refractivity contribution in [2.75, 3.05) is 6.54 Å². The number of primary amides is 1. The Hall–Kier alpha value is -1.06. The lowest BCUT2D eigenvalue weighted by atomic mass is 10.00. The predicted octanol–water partition coefficient (Wildman–Crippen LogP) is 3.24. The van der Waals surface area contributed by atoms with Crippen molar-refractivity contribution in [1.82, 2.24) is 4.90 Å². The van der Waals surface area contributed by atoms with E-state index in [1.165, 1.54) is 25.7 Å². The molecule has 4 heteroatoms. The van der Waals surface area contributed by atoms with E-state index < -0.39 is 0 Å². The number of carbonyl (C=O) groups is 2. The molecule has 2 amide bonds. The second-order valence-electron chi connectivity index (χ2n) is 6.38. The Morgan fingerprint density at radius 1 is 1.19 bits per heavy atom. The first-order valence-electron chi connectivity index (χ1n) is 8.68. The fourth-order valence-corrected chi connectivity index (χ4v) is 3.20. The third-order valence-corrected chi connectivity index (χ3v) is 4.49. The van der Waals surface area contributed by atoms with Crippen LogP contribution in [0.4, 0.5) is 0 Å². The zero-order valence-corrected chi connectivity index (χ0v) is 13.8. The summed E-state index contributed by atoms with van der Waals surface area (Å²) in [5.74, 6) is 0.198. The highest BCUT2D eigenvalue weighted by Gasteiger charge is 2.35. The van der Waals surface area contributed by atoms with E-state index in [0.717, 1.165) is 38.6 Å². The molecule has 0 aromatic heterocycles. The van der Waals surface area contributed by atoms with Gasteiger partial charge in [0.2, 0.25) is 11.8 Å². The zero-order valence-electron chi connectivity index (χ0n) is 13.8. The number of hydrogen-bond acceptors (Lipinski definition) is 2. The normalized spacial score (nSPS) is 20.0. The van der Waals surface area contributed by atoms with Gasteiger partial charge in [-0.1, -0.05) is 58.8 Å². The quantitative estimate of drug-likeness (QED) is 0.595. The minimum Gasteiger partial charge on any atom is -0.368 e. The first-order valence-corrected chi connectivity index (χ1v) is 8.68. The molecule has 1 rings (SSSR count). The number of unbranched alkanes of at least 4 members (excludes halogenated alkanes) is 5. The van der Waals surface area contributed by atoms with Crippen molar-refractivity contribution < 1.29 is 9.59 Å². The third-order valence-electron chi connectivity index (χ3n) is 4.49. The molecule has 4 nitrogen and oxygen atoms in total. The molecule has 2 unspecified atom stereocenters. The maximum absolute atomic E-state index is 12.2. The Balaban J connectivity index is 2.44. The van der Waals surface area contributed by atoms with Crippen LogP contribution in [0.5, 0.6) is 0 Å². The summed E-state index contributed by atoms with van der Waals surface area (Å²) < 4.78 is 0. The monoisotopic (exact) mass is 296 g/mol. The van der Waals surface area contributed by atoms with Gasteiger partial charge in [-0.2, -0.15) is 0 Å². The topological polar surface area (TPSA) is 63.4 Å². The van der Waals surface area contributed by atoms with E-state index in [4.69, 9.17) is 5.73 Å². The van der Waals surface area contributed by atoms with Gasteiger partial charge in [-0.25, -0.2) is 0 Å². The Morgan fingerprint density at radius 3 is 2.48 bits per heavy atom. The molecule has 0 aromatic rings. The Morgan fingerprint density at radius 2 is 1.86 bits per heavy atom. The van der Waals surface area contributed by atoms with Crippen molar-refractivity contribution in [3.63, 3.8) is 0 Å². The van der Waals surface area contributed by atoms with Crippen LogP contribution in [0.2, 0.25) is 0 Å². The second-order valence-corrected chi connectivity index (χ2v) is 6.38. The summed E-state index contributed by atoms with van der Waals surface area (Å²) in [4.78, 5) is 25.6. The molecule has 0 bridgehead atoms. The van der Waals surface area contributed by atoms with Crippen LogP contribution in [0.25, 0.3) is 0 Å². The number of nitrogens with two attached hydrogens (primary N) is 1. The lowest BCUT2D eigenvalue weighted by Crippen LogP contribution is -2.45. The maximum atomic E-state index is 12.2. The standard InChI is InChI=1S/C17H32N2O2/c1-3-5-7-9-10-14-12-16(20)19(13-14)15(17(18)21)11-8-6-4-2/h14-15H,3-13H2,1-2H3,(H2,18,21). The van der Waals surface area contributed by atoms with Gasteiger partial charge in [0.25, 0.3) is 0 Å². The van der Waals surface area contributed by atoms with Gasteiger partial charge in [-0.05, 0) is 18.8 Å². The molecule has 1 heterocycles. The molecule has 2 atom stereocenters. The summed E-state index contributed by atoms with van der Waals surface area (Å²) in [6.45, 7) is 5.06. The van der Waals surface area contributed by atoms with Crippen molar-refractivity contribution in [1.29, 1.82) is 0 Å². The SMILES string of the molecule is CCCCCCC1CC(=O)N(C(CCCCC)C(N)=O)C1. The number of carbonyl (C=O) groups excluding carboxylic acids is 2. The third kappa shape index (κ3) is 6.06. The molecule has 2 N–H and O–H groups in total. The van der Waals surface area contributed by atoms with E-state index >= 15 is 0 Å². The van der Waals surface area contributed by atoms with Gasteiger partial charge < -0.3 is 10.6 Å². The molecule has 1 fully saturated rings. The van der Waals surface area contributed by atoms with E-state index in [0.29, 0.717) is 12.3 Å². The van der Waals surface area contributed by atoms with Gasteiger partial charge in [-0.15, -0.1) is 0 Å². The van der Waals surface area contributed by atoms with Crippen LogP contribution >= 0.6 is 0 Å². The largest absolute Gasteiger partial charge is 0.368 e. The van der Waals surface area contributed by atoms with Crippen LogP contribution in [0, 0.1) is 5.92 Å². The van der Waals surface area contributed by atoms with Crippen LogP contribution in [0.3, 0.4) is 0 Å². The fraction of sp³-hybridized carbons (Fsp3) is 0.882. The maximum Gasteiger partial charge on any atom is 0.240 e. The molecule has 0 aliphatic carbocycles. The van der Waals surface area contributed by atoms with Gasteiger partial charge in [0.1, 0.15) is 6.04 Å². The summed E-state index contributed by atoms with van der Waals surface area (Å²) in [6.07, 6.45) is 10.5. The number of likely N-dealkylation sites (tertiary alicyclic amines) is 1. The molecular formula is C17H32N2O2. The van der Waals surface area contributed by atoms with Crippen LogP contribution in [0.15, 0.2) is 0 Å². The van der Waals surface area contributed by atoms with Gasteiger partial charge in [-0.3, -0.25) is 9.59 Å². The molecule has 0 aromatic carbocycles. The van der Waals surface area contributed by atoms with E-state index in [9.17, 15) is 9.59 Å². The number of hydrogen-bond donors (Lipinski definition) is 1. The first-order chi connectivity index (χ1) is 10.1. The van der Waals surface area contributed by atoms with E-state index in [1.807, 2.05) is 0 Å². The Kier molecular flexibility index (Phi) is 8.40. The minimum absolute atomic E-state index is 0.121. The van der Waals surface area contributed by atoms with Crippen molar-refractivity contribution >= 4 is 11.8 Å². The summed E-state index contributed by atoms with van der Waals surface area (Å²) in [7, 11) is 0. The molecule has 21 heavy (non-hydrogen) atoms. The lowest BCUT2D eigenvalue weighted by molar-refractivity contribution is -0.136. The van der Waals surface area contributed by atoms with Gasteiger partial charge in [0.05, 0.1) is 0 Å². The van der Waals surface area contributed by atoms with Gasteiger partial charge >= 0.3 is 0 Å². The number of amides is 2. The van der Waals surface area contributed by atoms with Crippen LogP contribution in [-0.4, -0.2) is 29.3 Å². The minimum atomic E-state index is -0.385. The molecule has 0 saturated carbocycles. The second kappa shape index (κ2) is 9.80. The van der Waals surface area contributed by atoms with Crippen LogP contribution in [-0.2, 0) is 9.59 Å². The lowest BCUT2D eigenvalue weighted by Gasteiger charge is -2.25. The summed E-state index contributed by atoms with van der Waals surface area (Å²) >= 11 is 0. The average Bonchev–Trinajstić information content (AvgIpc) is 2.80. The number of rotatable bonds is 11. The molecule has 0 radical (unpaired) electrons. The van der Waals surface area contributed by atoms with Crippen molar-refractivity contribution in [3.05, 3.63) is 0 Å². The van der Waals surface area contributed by atoms with E-state index in [2.05, 4.69) is 13.8 Å². The van der Waals surface area contributed by atoms with E-state index in [1.54, 1.807) is 4.90 Å². The number of nitrogens with zero attached hydrogens (tertiary/aromatic N) is 1. The molecule has 0 spiro atoms. The summed E-state index contributed by atoms with van der Waals surface area (Å²) in [5, 5.41) is 0. The predicted molar refractivity (Wildman–Crippen MR) is 85.7 cm³/mol. The Labute approximate surface area is 129 Å². The van der Waals surface area contributed by atoms with Gasteiger partial charge in [0.15, 0.2) is 0 Å². The molecule has 1 aliphatic heterocycles. The highest BCUT2D eigenvalue weighted by atomic mass is 16.2. The summed E-state index contributed by atoms with van der Waals surface area (Å²) in [6, 6.07) is -0.385. The molecule has 1 saturated heterocycles. The average molecular weight is 296 g/mol. The van der Waals surface area contributed by atoms with Crippen LogP contribution < -0.4 is 5.73 Å². The fourth-order valence-electron chi connectivity index (χ4n) is 3.20. The molecule has 122 valence electrons. The van der Waals surface area contributed by atoms with Crippen molar-refractivity contribution in [3.8, 4) is 0 Å². The smallest absolute Gasteiger partial charge is 0.240 e. The van der Waals surface area contributed by atoms with Crippen LogP contribution in [0.1, 0.15) is 78.1 Å². The van der Waals surface area contributed by atoms with Crippen molar-refractivity contribution in [2.24, 2.45) is 11.7 Å². The first kappa shape index (κ1) is 18.0. The summed E-state index contributed by atoms with van der Waals surface area (Å²) in [5.41, 5.74) is 5.51. The molecule has 1 aliphatic rings. The van der Waals surface area contributed by atoms with Gasteiger partial charge in [0, 0.05) is 13.0 Å². The van der Waals surface area contributed by atoms with E-state index in [-0.39, 0.29) is 17.9 Å². The zero-order chi connectivity index (χ0) is 15.7. The highest BCUT2D eigenvalue weighted by molar-refractivity contribution is 5.87.